The Kier molecular flexibility index (Phi) is 7.09. The molecule has 10 nitrogen and oxygen atoms in total. The molecule has 1 aliphatic heterocycles. The van der Waals surface area contributed by atoms with E-state index in [4.69, 9.17) is 0 Å². The Bertz CT molecular complexity index is 1160. The number of carbonyl (C=O) groups is 2. The number of hydrogen-bond donors (Lipinski definition) is 1. The number of carbonyl (C=O) groups excluding carboxylic acids is 2. The molecular formula is C18H19F3N6O4S. The molecule has 0 radical (unpaired) electrons. The van der Waals surface area contributed by atoms with Crippen molar-refractivity contribution in [2.75, 3.05) is 36.8 Å². The minimum atomic E-state index is -5.28. The zero-order valence-corrected chi connectivity index (χ0v) is 18.0. The molecule has 0 atom stereocenters. The molecule has 1 fully saturated rings. The molecule has 2 aromatic rings. The van der Waals surface area contributed by atoms with Crippen LogP contribution >= 0.6 is 11.8 Å². The van der Waals surface area contributed by atoms with Gasteiger partial charge in [0, 0.05) is 33.2 Å². The van der Waals surface area contributed by atoms with Gasteiger partial charge in [-0.25, -0.2) is 9.78 Å². The van der Waals surface area contributed by atoms with Crippen molar-refractivity contribution in [2.45, 2.75) is 24.8 Å². The van der Waals surface area contributed by atoms with E-state index in [-0.39, 0.29) is 22.9 Å². The van der Waals surface area contributed by atoms with Crippen molar-refractivity contribution < 1.29 is 27.5 Å². The fraction of sp³-hybridized carbons (Fsp3) is 0.500. The van der Waals surface area contributed by atoms with E-state index in [1.54, 1.807) is 11.5 Å². The Morgan fingerprint density at radius 1 is 1.25 bits per heavy atom. The molecule has 0 bridgehead atoms. The van der Waals surface area contributed by atoms with Crippen LogP contribution in [0.2, 0.25) is 0 Å². The van der Waals surface area contributed by atoms with Crippen molar-refractivity contribution in [1.82, 2.24) is 24.4 Å². The molecule has 1 N–H and O–H groups in total. The van der Waals surface area contributed by atoms with Crippen LogP contribution in [0.4, 0.5) is 19.1 Å². The van der Waals surface area contributed by atoms with Crippen LogP contribution in [-0.4, -0.2) is 69.1 Å². The van der Waals surface area contributed by atoms with Crippen molar-refractivity contribution >= 4 is 40.8 Å². The zero-order chi connectivity index (χ0) is 23.5. The average Bonchev–Trinajstić information content (AvgIpc) is 3.12. The summed E-state index contributed by atoms with van der Waals surface area (Å²) in [7, 11) is 1.41. The first kappa shape index (κ1) is 23.6. The molecule has 14 heteroatoms. The molecule has 2 aromatic heterocycles. The highest BCUT2D eigenvalue weighted by atomic mass is 32.2. The lowest BCUT2D eigenvalue weighted by molar-refractivity contribution is -0.201. The van der Waals surface area contributed by atoms with Gasteiger partial charge in [0.15, 0.2) is 16.3 Å². The van der Waals surface area contributed by atoms with Crippen LogP contribution in [0.1, 0.15) is 6.92 Å². The summed E-state index contributed by atoms with van der Waals surface area (Å²) >= 11 is 0.662. The number of thioether (sulfide) groups is 1. The Balaban J connectivity index is 1.92. The molecular weight excluding hydrogens is 453 g/mol. The van der Waals surface area contributed by atoms with E-state index in [0.29, 0.717) is 30.8 Å². The Labute approximate surface area is 184 Å². The maximum Gasteiger partial charge on any atom is 0.491 e. The minimum absolute atomic E-state index is 0.0389. The van der Waals surface area contributed by atoms with Crippen molar-refractivity contribution in [2.24, 2.45) is 7.05 Å². The monoisotopic (exact) mass is 472 g/mol. The second-order valence-corrected chi connectivity index (χ2v) is 7.58. The number of aromatic nitrogens is 4. The number of halogens is 3. The second kappa shape index (κ2) is 9.61. The standard InChI is InChI=1S/C18H19F3N6O4S/c1-3-4-7-27-12-13(23-16(27)26-8-5-22-6-9-26)24-17(25(2)14(12)29)32-10-11(28)31-15(30)18(19,20)21/h22H,5-10H2,1-2H3. The van der Waals surface area contributed by atoms with Crippen LogP contribution in [0.3, 0.4) is 0 Å². The highest BCUT2D eigenvalue weighted by molar-refractivity contribution is 7.99. The van der Waals surface area contributed by atoms with Crippen LogP contribution in [0.25, 0.3) is 11.2 Å². The van der Waals surface area contributed by atoms with E-state index in [2.05, 4.69) is 31.9 Å². The lowest BCUT2D eigenvalue weighted by Gasteiger charge is -2.28. The van der Waals surface area contributed by atoms with Crippen molar-refractivity contribution in [3.63, 3.8) is 0 Å². The van der Waals surface area contributed by atoms with Gasteiger partial charge in [-0.1, -0.05) is 17.7 Å². The predicted octanol–water partition coefficient (Wildman–Crippen LogP) is 0.287. The highest BCUT2D eigenvalue weighted by Gasteiger charge is 2.42. The number of esters is 2. The summed E-state index contributed by atoms with van der Waals surface area (Å²) in [5, 5.41) is 3.27. The van der Waals surface area contributed by atoms with Gasteiger partial charge in [-0.3, -0.25) is 18.7 Å². The fourth-order valence-electron chi connectivity index (χ4n) is 2.99. The van der Waals surface area contributed by atoms with Gasteiger partial charge in [0.25, 0.3) is 5.56 Å². The van der Waals surface area contributed by atoms with Gasteiger partial charge in [0.05, 0.1) is 12.3 Å². The predicted molar refractivity (Wildman–Crippen MR) is 109 cm³/mol. The number of anilines is 1. The summed E-state index contributed by atoms with van der Waals surface area (Å²) in [4.78, 5) is 46.2. The Morgan fingerprint density at radius 3 is 2.56 bits per heavy atom. The van der Waals surface area contributed by atoms with Crippen molar-refractivity contribution in [1.29, 1.82) is 0 Å². The van der Waals surface area contributed by atoms with E-state index in [0.717, 1.165) is 17.7 Å². The van der Waals surface area contributed by atoms with E-state index < -0.39 is 29.4 Å². The maximum atomic E-state index is 13.0. The molecule has 1 saturated heterocycles. The van der Waals surface area contributed by atoms with Crippen LogP contribution in [0.15, 0.2) is 9.95 Å². The number of nitrogens with one attached hydrogen (secondary N) is 1. The highest BCUT2D eigenvalue weighted by Crippen LogP contribution is 2.23. The lowest BCUT2D eigenvalue weighted by atomic mass is 10.4. The summed E-state index contributed by atoms with van der Waals surface area (Å²) in [6, 6.07) is 0. The third kappa shape index (κ3) is 5.05. The number of alkyl halides is 3. The van der Waals surface area contributed by atoms with Gasteiger partial charge >= 0.3 is 18.1 Å². The summed E-state index contributed by atoms with van der Waals surface area (Å²) in [5.74, 6) is 1.58. The van der Waals surface area contributed by atoms with E-state index >= 15 is 0 Å². The number of piperazine rings is 1. The maximum absolute atomic E-state index is 13.0. The Hall–Kier alpha value is -3.05. The topological polar surface area (TPSA) is 111 Å². The van der Waals surface area contributed by atoms with Gasteiger partial charge in [-0.05, 0) is 6.92 Å². The minimum Gasteiger partial charge on any atom is -0.386 e. The van der Waals surface area contributed by atoms with Crippen molar-refractivity contribution in [3.8, 4) is 11.8 Å². The third-order valence-corrected chi connectivity index (χ3v) is 5.50. The molecule has 1 aliphatic rings. The van der Waals surface area contributed by atoms with Crippen LogP contribution < -0.4 is 15.8 Å². The third-order valence-electron chi connectivity index (χ3n) is 4.50. The fourth-order valence-corrected chi connectivity index (χ4v) is 3.72. The number of nitrogens with zero attached hydrogens (tertiary/aromatic N) is 5. The Morgan fingerprint density at radius 2 is 1.94 bits per heavy atom. The number of ether oxygens (including phenoxy) is 1. The normalized spacial score (nSPS) is 14.2. The van der Waals surface area contributed by atoms with Gasteiger partial charge in [0.1, 0.15) is 0 Å². The van der Waals surface area contributed by atoms with Gasteiger partial charge < -0.3 is 15.0 Å². The SMILES string of the molecule is CC#CCn1c(N2CCNCC2)nc2nc(SCC(=O)OC(=O)C(F)(F)F)n(C)c(=O)c21. The second-order valence-electron chi connectivity index (χ2n) is 6.64. The number of imidazole rings is 1. The molecule has 0 unspecified atom stereocenters. The smallest absolute Gasteiger partial charge is 0.386 e. The summed E-state index contributed by atoms with van der Waals surface area (Å²) < 4.78 is 43.3. The molecule has 3 rings (SSSR count). The zero-order valence-electron chi connectivity index (χ0n) is 17.2. The first-order valence-corrected chi connectivity index (χ1v) is 10.4. The van der Waals surface area contributed by atoms with Crippen LogP contribution in [-0.2, 0) is 27.9 Å². The summed E-state index contributed by atoms with van der Waals surface area (Å²) in [6.45, 7) is 4.73. The molecule has 3 heterocycles. The lowest BCUT2D eigenvalue weighted by Crippen LogP contribution is -2.44. The van der Waals surface area contributed by atoms with E-state index in [9.17, 15) is 27.6 Å². The van der Waals surface area contributed by atoms with Crippen molar-refractivity contribution in [3.05, 3.63) is 10.4 Å². The molecule has 0 aromatic carbocycles. The number of rotatable bonds is 5. The molecule has 0 aliphatic carbocycles. The molecule has 32 heavy (non-hydrogen) atoms. The first-order chi connectivity index (χ1) is 15.1. The molecule has 0 spiro atoms. The van der Waals surface area contributed by atoms with Crippen LogP contribution in [0, 0.1) is 11.8 Å². The largest absolute Gasteiger partial charge is 0.491 e. The van der Waals surface area contributed by atoms with Gasteiger partial charge in [-0.15, -0.1) is 5.92 Å². The average molecular weight is 472 g/mol. The van der Waals surface area contributed by atoms with Crippen LogP contribution in [0.5, 0.6) is 0 Å². The number of hydrogen-bond acceptors (Lipinski definition) is 9. The van der Waals surface area contributed by atoms with Gasteiger partial charge in [0.2, 0.25) is 5.95 Å². The number of fused-ring (bicyclic) bond motifs is 1. The molecule has 0 saturated carbocycles. The molecule has 172 valence electrons. The summed E-state index contributed by atoms with van der Waals surface area (Å²) in [5.41, 5.74) is -0.103. The summed E-state index contributed by atoms with van der Waals surface area (Å²) in [6.07, 6.45) is -5.28. The first-order valence-electron chi connectivity index (χ1n) is 9.40. The van der Waals surface area contributed by atoms with E-state index in [1.807, 2.05) is 4.90 Å². The van der Waals surface area contributed by atoms with E-state index in [1.165, 1.54) is 7.05 Å². The molecule has 0 amide bonds. The van der Waals surface area contributed by atoms with Gasteiger partial charge in [-0.2, -0.15) is 18.2 Å². The quantitative estimate of drug-likeness (QED) is 0.216.